The fourth-order valence-corrected chi connectivity index (χ4v) is 2.28. The van der Waals surface area contributed by atoms with Gasteiger partial charge in [0, 0.05) is 11.7 Å². The third-order valence-corrected chi connectivity index (χ3v) is 3.68. The summed E-state index contributed by atoms with van der Waals surface area (Å²) in [5.41, 5.74) is 2.45. The second-order valence-electron chi connectivity index (χ2n) is 5.78. The highest BCUT2D eigenvalue weighted by atomic mass is 16.6. The van der Waals surface area contributed by atoms with Crippen LogP contribution in [0.15, 0.2) is 18.2 Å². The zero-order valence-corrected chi connectivity index (χ0v) is 12.9. The Morgan fingerprint density at radius 2 is 2.20 bits per heavy atom. The van der Waals surface area contributed by atoms with E-state index in [-0.39, 0.29) is 0 Å². The second kappa shape index (κ2) is 7.53. The van der Waals surface area contributed by atoms with Crippen molar-refractivity contribution >= 4 is 5.69 Å². The van der Waals surface area contributed by atoms with Crippen LogP contribution in [-0.2, 0) is 4.74 Å². The molecule has 112 valence electrons. The molecule has 1 fully saturated rings. The van der Waals surface area contributed by atoms with Crippen molar-refractivity contribution in [3.63, 3.8) is 0 Å². The van der Waals surface area contributed by atoms with Gasteiger partial charge in [0.2, 0.25) is 0 Å². The van der Waals surface area contributed by atoms with Crippen LogP contribution in [0.1, 0.15) is 45.1 Å². The molecule has 2 rings (SSSR count). The maximum absolute atomic E-state index is 5.70. The topological polar surface area (TPSA) is 33.8 Å². The van der Waals surface area contributed by atoms with E-state index in [1.165, 1.54) is 36.9 Å². The van der Waals surface area contributed by atoms with E-state index in [1.54, 1.807) is 0 Å². The van der Waals surface area contributed by atoms with Crippen LogP contribution in [0.2, 0.25) is 0 Å². The number of unbranched alkanes of at least 4 members (excludes halogenated alkanes) is 2. The molecular weight excluding hydrogens is 250 g/mol. The van der Waals surface area contributed by atoms with Crippen molar-refractivity contribution < 1.29 is 9.47 Å². The summed E-state index contributed by atoms with van der Waals surface area (Å²) in [5.74, 6) is 0.933. The van der Waals surface area contributed by atoms with Crippen LogP contribution in [0.25, 0.3) is 0 Å². The molecular formula is C17H27NO2. The minimum absolute atomic E-state index is 0.312. The van der Waals surface area contributed by atoms with Gasteiger partial charge >= 0.3 is 0 Å². The Morgan fingerprint density at radius 3 is 2.85 bits per heavy atom. The molecule has 2 unspecified atom stereocenters. The molecule has 20 heavy (non-hydrogen) atoms. The lowest BCUT2D eigenvalue weighted by molar-refractivity contribution is 0.263. The van der Waals surface area contributed by atoms with E-state index in [4.69, 9.17) is 9.47 Å². The van der Waals surface area contributed by atoms with Gasteiger partial charge in [-0.05, 0) is 44.0 Å². The van der Waals surface area contributed by atoms with Gasteiger partial charge in [-0.2, -0.15) is 0 Å². The lowest BCUT2D eigenvalue weighted by Crippen LogP contribution is -2.15. The van der Waals surface area contributed by atoms with E-state index in [1.807, 2.05) is 6.07 Å². The van der Waals surface area contributed by atoms with Crippen LogP contribution < -0.4 is 10.1 Å². The number of benzene rings is 1. The van der Waals surface area contributed by atoms with Crippen LogP contribution in [-0.4, -0.2) is 25.4 Å². The van der Waals surface area contributed by atoms with E-state index in [9.17, 15) is 0 Å². The fraction of sp³-hybridized carbons (Fsp3) is 0.647. The highest BCUT2D eigenvalue weighted by Gasteiger charge is 2.23. The molecule has 0 saturated carbocycles. The Labute approximate surface area is 122 Å². The van der Waals surface area contributed by atoms with Gasteiger partial charge < -0.3 is 14.8 Å². The molecule has 1 saturated heterocycles. The molecule has 3 heteroatoms. The van der Waals surface area contributed by atoms with E-state index >= 15 is 0 Å². The summed E-state index contributed by atoms with van der Waals surface area (Å²) in [7, 11) is 0. The Balaban J connectivity index is 1.81. The molecule has 0 amide bonds. The van der Waals surface area contributed by atoms with E-state index in [2.05, 4.69) is 38.2 Å². The average molecular weight is 277 g/mol. The first-order valence-corrected chi connectivity index (χ1v) is 7.80. The molecule has 1 aliphatic heterocycles. The maximum atomic E-state index is 5.70. The van der Waals surface area contributed by atoms with Crippen molar-refractivity contribution in [1.29, 1.82) is 0 Å². The smallest absolute Gasteiger partial charge is 0.119 e. The zero-order chi connectivity index (χ0) is 14.4. The van der Waals surface area contributed by atoms with E-state index < -0.39 is 0 Å². The molecule has 3 nitrogen and oxygen atoms in total. The number of aryl methyl sites for hydroxylation is 1. The molecule has 1 aromatic rings. The molecule has 0 aromatic heterocycles. The quantitative estimate of drug-likeness (QED) is 0.544. The second-order valence-corrected chi connectivity index (χ2v) is 5.78. The number of hydrogen-bond donors (Lipinski definition) is 1. The Hall–Kier alpha value is -1.22. The first kappa shape index (κ1) is 15.2. The average Bonchev–Trinajstić information content (AvgIpc) is 3.24. The van der Waals surface area contributed by atoms with Crippen LogP contribution in [0, 0.1) is 6.92 Å². The lowest BCUT2D eigenvalue weighted by atomic mass is 10.1. The van der Waals surface area contributed by atoms with E-state index in [0.717, 1.165) is 12.4 Å². The van der Waals surface area contributed by atoms with Crippen molar-refractivity contribution in [2.45, 2.75) is 58.6 Å². The predicted octanol–water partition coefficient (Wildman–Crippen LogP) is 4.15. The Kier molecular flexibility index (Phi) is 5.72. The summed E-state index contributed by atoms with van der Waals surface area (Å²) in [5, 5.41) is 3.59. The van der Waals surface area contributed by atoms with Crippen molar-refractivity contribution in [1.82, 2.24) is 0 Å². The molecule has 0 bridgehead atoms. The zero-order valence-electron chi connectivity index (χ0n) is 12.9. The summed E-state index contributed by atoms with van der Waals surface area (Å²) in [6, 6.07) is 6.78. The molecule has 1 heterocycles. The van der Waals surface area contributed by atoms with E-state index in [0.29, 0.717) is 18.8 Å². The van der Waals surface area contributed by atoms with Crippen molar-refractivity contribution in [2.24, 2.45) is 0 Å². The van der Waals surface area contributed by atoms with Gasteiger partial charge in [0.15, 0.2) is 0 Å². The molecule has 1 aliphatic rings. The van der Waals surface area contributed by atoms with Crippen LogP contribution in [0.5, 0.6) is 5.75 Å². The highest BCUT2D eigenvalue weighted by molar-refractivity contribution is 5.54. The molecule has 1 aromatic carbocycles. The van der Waals surface area contributed by atoms with Crippen molar-refractivity contribution in [2.75, 3.05) is 18.5 Å². The Bertz CT molecular complexity index is 415. The Morgan fingerprint density at radius 1 is 1.40 bits per heavy atom. The summed E-state index contributed by atoms with van der Waals surface area (Å²) in [4.78, 5) is 0. The number of epoxide rings is 1. The monoisotopic (exact) mass is 277 g/mol. The first-order chi connectivity index (χ1) is 9.69. The molecule has 0 radical (unpaired) electrons. The highest BCUT2D eigenvalue weighted by Crippen LogP contribution is 2.23. The maximum Gasteiger partial charge on any atom is 0.119 e. The summed E-state index contributed by atoms with van der Waals surface area (Å²) >= 11 is 0. The summed E-state index contributed by atoms with van der Waals surface area (Å²) < 4.78 is 10.8. The van der Waals surface area contributed by atoms with Gasteiger partial charge in [0.25, 0.3) is 0 Å². The minimum Gasteiger partial charge on any atom is -0.491 e. The number of nitrogens with one attached hydrogen (secondary N) is 1. The van der Waals surface area contributed by atoms with Gasteiger partial charge in [-0.3, -0.25) is 0 Å². The van der Waals surface area contributed by atoms with Crippen LogP contribution in [0.3, 0.4) is 0 Å². The van der Waals surface area contributed by atoms with Gasteiger partial charge in [-0.25, -0.2) is 0 Å². The molecule has 0 aliphatic carbocycles. The van der Waals surface area contributed by atoms with Gasteiger partial charge in [-0.1, -0.05) is 26.2 Å². The fourth-order valence-electron chi connectivity index (χ4n) is 2.28. The predicted molar refractivity (Wildman–Crippen MR) is 83.6 cm³/mol. The van der Waals surface area contributed by atoms with Crippen LogP contribution in [0.4, 0.5) is 5.69 Å². The number of rotatable bonds is 9. The number of ether oxygens (including phenoxy) is 2. The number of anilines is 1. The third-order valence-electron chi connectivity index (χ3n) is 3.68. The van der Waals surface area contributed by atoms with Crippen molar-refractivity contribution in [3.8, 4) is 5.75 Å². The molecule has 2 atom stereocenters. The summed E-state index contributed by atoms with van der Waals surface area (Å²) in [6.45, 7) is 8.13. The number of hydrogen-bond acceptors (Lipinski definition) is 3. The third kappa shape index (κ3) is 5.04. The largest absolute Gasteiger partial charge is 0.491 e. The normalized spacial score (nSPS) is 18.6. The van der Waals surface area contributed by atoms with Gasteiger partial charge in [-0.15, -0.1) is 0 Å². The van der Waals surface area contributed by atoms with Crippen molar-refractivity contribution in [3.05, 3.63) is 23.8 Å². The minimum atomic E-state index is 0.312. The molecule has 0 spiro atoms. The summed E-state index contributed by atoms with van der Waals surface area (Å²) in [6.07, 6.45) is 5.44. The molecule has 1 N–H and O–H groups in total. The SMILES string of the molecule is CCCCCC(C)Nc1ccc(OCC2CO2)cc1C. The van der Waals surface area contributed by atoms with Gasteiger partial charge in [0.05, 0.1) is 6.61 Å². The lowest BCUT2D eigenvalue weighted by Gasteiger charge is -2.17. The standard InChI is InChI=1S/C17H27NO2/c1-4-5-6-7-14(3)18-17-9-8-15(10-13(17)2)19-11-16-12-20-16/h8-10,14,16,18H,4-7,11-12H2,1-3H3. The van der Waals surface area contributed by atoms with Crippen LogP contribution >= 0.6 is 0 Å². The van der Waals surface area contributed by atoms with Gasteiger partial charge in [0.1, 0.15) is 18.5 Å². The first-order valence-electron chi connectivity index (χ1n) is 7.80.